The fraction of sp³-hybridized carbons (Fsp3) is 0.240. The van der Waals surface area contributed by atoms with Crippen LogP contribution in [0.1, 0.15) is 34.5 Å². The van der Waals surface area contributed by atoms with Crippen molar-refractivity contribution in [3.63, 3.8) is 0 Å². The molecule has 168 valence electrons. The maximum atomic E-state index is 11.8. The van der Waals surface area contributed by atoms with E-state index in [1.807, 2.05) is 12.1 Å². The second kappa shape index (κ2) is 11.3. The highest BCUT2D eigenvalue weighted by molar-refractivity contribution is 6.38. The molecule has 4 N–H and O–H groups in total. The molecule has 0 aliphatic heterocycles. The van der Waals surface area contributed by atoms with E-state index in [-0.39, 0.29) is 5.97 Å². The van der Waals surface area contributed by atoms with Crippen LogP contribution in [-0.4, -0.2) is 30.8 Å². The van der Waals surface area contributed by atoms with Crippen LogP contribution in [0.25, 0.3) is 11.1 Å². The number of ether oxygens (including phenoxy) is 1. The smallest absolute Gasteiger partial charge is 0.338 e. The van der Waals surface area contributed by atoms with Gasteiger partial charge in [-0.25, -0.2) is 4.79 Å². The van der Waals surface area contributed by atoms with Crippen molar-refractivity contribution >= 4 is 34.9 Å². The van der Waals surface area contributed by atoms with E-state index >= 15 is 0 Å². The van der Waals surface area contributed by atoms with E-state index in [0.717, 1.165) is 17.5 Å². The van der Waals surface area contributed by atoms with E-state index < -0.39 is 6.10 Å². The maximum Gasteiger partial charge on any atom is 0.338 e. The standard InChI is InChI=1S/C25H26Cl2N2O3/c1-2-32-25(31)19-9-7-18(8-10-19)17-5-3-16(4-6-17)11-12-29-15-23(30)20-13-21(26)24(28)22(27)14-20/h3-10,13-14,23,29-30H,2,11-12,15,28H2,1H3. The Hall–Kier alpha value is -2.57. The highest BCUT2D eigenvalue weighted by Gasteiger charge is 2.12. The number of anilines is 1. The van der Waals surface area contributed by atoms with Crippen LogP contribution in [0.2, 0.25) is 10.0 Å². The van der Waals surface area contributed by atoms with Gasteiger partial charge in [-0.05, 0) is 66.4 Å². The van der Waals surface area contributed by atoms with E-state index in [1.165, 1.54) is 5.56 Å². The molecule has 0 aromatic heterocycles. The molecule has 0 saturated heterocycles. The highest BCUT2D eigenvalue weighted by Crippen LogP contribution is 2.31. The molecule has 1 atom stereocenters. The summed E-state index contributed by atoms with van der Waals surface area (Å²) < 4.78 is 5.01. The van der Waals surface area contributed by atoms with Gasteiger partial charge in [0.05, 0.1) is 34.0 Å². The predicted molar refractivity (Wildman–Crippen MR) is 130 cm³/mol. The number of nitrogens with one attached hydrogen (secondary N) is 1. The van der Waals surface area contributed by atoms with Crippen LogP contribution in [0.4, 0.5) is 5.69 Å². The molecule has 0 bridgehead atoms. The number of carbonyl (C=O) groups is 1. The minimum atomic E-state index is -0.731. The number of nitrogens with two attached hydrogens (primary N) is 1. The lowest BCUT2D eigenvalue weighted by Gasteiger charge is -2.14. The Morgan fingerprint density at radius 2 is 1.59 bits per heavy atom. The summed E-state index contributed by atoms with van der Waals surface area (Å²) in [6.45, 7) is 3.24. The summed E-state index contributed by atoms with van der Waals surface area (Å²) in [7, 11) is 0. The van der Waals surface area contributed by atoms with Crippen LogP contribution in [0.5, 0.6) is 0 Å². The van der Waals surface area contributed by atoms with Crippen LogP contribution >= 0.6 is 23.2 Å². The van der Waals surface area contributed by atoms with Crippen molar-refractivity contribution in [2.24, 2.45) is 0 Å². The third-order valence-corrected chi connectivity index (χ3v) is 5.72. The van der Waals surface area contributed by atoms with E-state index in [1.54, 1.807) is 31.2 Å². The molecule has 5 nitrogen and oxygen atoms in total. The van der Waals surface area contributed by atoms with Crippen molar-refractivity contribution in [1.82, 2.24) is 5.32 Å². The van der Waals surface area contributed by atoms with Gasteiger partial charge in [0.25, 0.3) is 0 Å². The average Bonchev–Trinajstić information content (AvgIpc) is 2.80. The Kier molecular flexibility index (Phi) is 8.53. The van der Waals surface area contributed by atoms with Crippen LogP contribution in [0.15, 0.2) is 60.7 Å². The van der Waals surface area contributed by atoms with Gasteiger partial charge >= 0.3 is 5.97 Å². The van der Waals surface area contributed by atoms with Crippen molar-refractivity contribution < 1.29 is 14.6 Å². The molecule has 0 heterocycles. The summed E-state index contributed by atoms with van der Waals surface area (Å²) in [4.78, 5) is 11.8. The normalized spacial score (nSPS) is 11.9. The highest BCUT2D eigenvalue weighted by atomic mass is 35.5. The predicted octanol–water partition coefficient (Wildman–Crippen LogP) is 5.29. The van der Waals surface area contributed by atoms with Crippen molar-refractivity contribution in [2.45, 2.75) is 19.4 Å². The number of halogens is 2. The van der Waals surface area contributed by atoms with Gasteiger partial charge in [0.1, 0.15) is 0 Å². The number of aliphatic hydroxyl groups excluding tert-OH is 1. The number of esters is 1. The first-order valence-electron chi connectivity index (χ1n) is 10.4. The molecule has 3 aromatic carbocycles. The largest absolute Gasteiger partial charge is 0.462 e. The van der Waals surface area contributed by atoms with Gasteiger partial charge < -0.3 is 20.9 Å². The Morgan fingerprint density at radius 3 is 2.16 bits per heavy atom. The summed E-state index contributed by atoms with van der Waals surface area (Å²) in [6, 6.07) is 18.9. The molecule has 3 rings (SSSR count). The van der Waals surface area contributed by atoms with Crippen LogP contribution in [-0.2, 0) is 11.2 Å². The van der Waals surface area contributed by atoms with Crippen molar-refractivity contribution in [2.75, 3.05) is 25.4 Å². The Labute approximate surface area is 198 Å². The van der Waals surface area contributed by atoms with Crippen LogP contribution in [0.3, 0.4) is 0 Å². The molecule has 0 amide bonds. The molecule has 0 radical (unpaired) electrons. The second-order valence-electron chi connectivity index (χ2n) is 7.36. The molecule has 0 aliphatic carbocycles. The number of hydrogen-bond donors (Lipinski definition) is 3. The molecule has 3 aromatic rings. The van der Waals surface area contributed by atoms with Crippen molar-refractivity contribution in [3.05, 3.63) is 87.4 Å². The lowest BCUT2D eigenvalue weighted by atomic mass is 10.0. The first kappa shape index (κ1) is 24.1. The molecule has 0 fully saturated rings. The summed E-state index contributed by atoms with van der Waals surface area (Å²) in [5.74, 6) is -0.311. The summed E-state index contributed by atoms with van der Waals surface area (Å²) in [5, 5.41) is 14.3. The van der Waals surface area contributed by atoms with Crippen molar-refractivity contribution in [1.29, 1.82) is 0 Å². The number of carbonyl (C=O) groups excluding carboxylic acids is 1. The monoisotopic (exact) mass is 472 g/mol. The Bertz CT molecular complexity index is 1030. The molecule has 0 aliphatic rings. The number of benzene rings is 3. The van der Waals surface area contributed by atoms with Gasteiger partial charge in [0.2, 0.25) is 0 Å². The number of nitrogen functional groups attached to an aromatic ring is 1. The lowest BCUT2D eigenvalue weighted by Crippen LogP contribution is -2.23. The third-order valence-electron chi connectivity index (χ3n) is 5.10. The molecule has 32 heavy (non-hydrogen) atoms. The summed E-state index contributed by atoms with van der Waals surface area (Å²) >= 11 is 12.1. The first-order chi connectivity index (χ1) is 15.4. The number of aliphatic hydroxyl groups is 1. The van der Waals surface area contributed by atoms with Gasteiger partial charge in [-0.15, -0.1) is 0 Å². The fourth-order valence-electron chi connectivity index (χ4n) is 3.26. The van der Waals surface area contributed by atoms with Gasteiger partial charge in [0.15, 0.2) is 0 Å². The lowest BCUT2D eigenvalue weighted by molar-refractivity contribution is 0.0526. The molecule has 1 unspecified atom stereocenters. The average molecular weight is 473 g/mol. The molecular weight excluding hydrogens is 447 g/mol. The second-order valence-corrected chi connectivity index (χ2v) is 8.18. The van der Waals surface area contributed by atoms with E-state index in [4.69, 9.17) is 33.7 Å². The molecule has 0 saturated carbocycles. The van der Waals surface area contributed by atoms with E-state index in [2.05, 4.69) is 29.6 Å². The van der Waals surface area contributed by atoms with E-state index in [9.17, 15) is 9.90 Å². The first-order valence-corrected chi connectivity index (χ1v) is 11.1. The minimum Gasteiger partial charge on any atom is -0.462 e. The summed E-state index contributed by atoms with van der Waals surface area (Å²) in [5.41, 5.74) is 10.5. The van der Waals surface area contributed by atoms with E-state index in [0.29, 0.717) is 46.6 Å². The zero-order valence-corrected chi connectivity index (χ0v) is 19.3. The Balaban J connectivity index is 1.49. The number of hydrogen-bond acceptors (Lipinski definition) is 5. The molecule has 0 spiro atoms. The van der Waals surface area contributed by atoms with Crippen molar-refractivity contribution in [3.8, 4) is 11.1 Å². The zero-order valence-electron chi connectivity index (χ0n) is 17.8. The number of rotatable bonds is 9. The van der Waals surface area contributed by atoms with Gasteiger partial charge in [-0.3, -0.25) is 0 Å². The fourth-order valence-corrected chi connectivity index (χ4v) is 3.77. The zero-order chi connectivity index (χ0) is 23.1. The van der Waals surface area contributed by atoms with Crippen LogP contribution < -0.4 is 11.1 Å². The van der Waals surface area contributed by atoms with Gasteiger partial charge in [-0.1, -0.05) is 59.6 Å². The topological polar surface area (TPSA) is 84.6 Å². The third kappa shape index (κ3) is 6.24. The van der Waals surface area contributed by atoms with Gasteiger partial charge in [0, 0.05) is 6.54 Å². The molecule has 7 heteroatoms. The minimum absolute atomic E-state index is 0.311. The van der Waals surface area contributed by atoms with Crippen LogP contribution in [0, 0.1) is 0 Å². The SMILES string of the molecule is CCOC(=O)c1ccc(-c2ccc(CCNCC(O)c3cc(Cl)c(N)c(Cl)c3)cc2)cc1. The van der Waals surface area contributed by atoms with Gasteiger partial charge in [-0.2, -0.15) is 0 Å². The maximum absolute atomic E-state index is 11.8. The quantitative estimate of drug-likeness (QED) is 0.224. The Morgan fingerprint density at radius 1 is 1.03 bits per heavy atom. The molecular formula is C25H26Cl2N2O3. The summed E-state index contributed by atoms with van der Waals surface area (Å²) in [6.07, 6.45) is 0.0865.